The Labute approximate surface area is 280 Å². The fourth-order valence-electron chi connectivity index (χ4n) is 7.74. The maximum atomic E-state index is 12.9. The Morgan fingerprint density at radius 2 is 0.891 bits per heavy atom. The molecule has 0 saturated heterocycles. The van der Waals surface area contributed by atoms with Gasteiger partial charge in [-0.15, -0.1) is 0 Å². The molecule has 2 aliphatic carbocycles. The summed E-state index contributed by atoms with van der Waals surface area (Å²) in [5, 5.41) is 0. The van der Waals surface area contributed by atoms with Crippen LogP contribution in [-0.4, -0.2) is 24.1 Å². The summed E-state index contributed by atoms with van der Waals surface area (Å²) in [5.74, 6) is 2.20. The molecule has 2 aliphatic rings. The molecule has 4 rings (SSSR count). The van der Waals surface area contributed by atoms with E-state index < -0.39 is 12.2 Å². The van der Waals surface area contributed by atoms with Gasteiger partial charge in [0.25, 0.3) is 0 Å². The van der Waals surface area contributed by atoms with E-state index in [4.69, 9.17) is 9.47 Å². The number of carbonyl (C=O) groups excluding carboxylic acids is 2. The molecule has 0 heterocycles. The van der Waals surface area contributed by atoms with E-state index in [0.29, 0.717) is 23.0 Å². The zero-order chi connectivity index (χ0) is 32.7. The van der Waals surface area contributed by atoms with Gasteiger partial charge in [-0.1, -0.05) is 102 Å². The van der Waals surface area contributed by atoms with Gasteiger partial charge in [0.05, 0.1) is 11.1 Å². The van der Waals surface area contributed by atoms with E-state index in [1.54, 1.807) is 13.8 Å². The van der Waals surface area contributed by atoms with Crippen molar-refractivity contribution in [1.29, 1.82) is 0 Å². The van der Waals surface area contributed by atoms with Gasteiger partial charge in [-0.3, -0.25) is 0 Å². The van der Waals surface area contributed by atoms with E-state index in [-0.39, 0.29) is 11.9 Å². The first-order valence-corrected chi connectivity index (χ1v) is 19.0. The molecule has 2 aromatic rings. The molecule has 4 nitrogen and oxygen atoms in total. The minimum Gasteiger partial charge on any atom is -0.455 e. The Balaban J connectivity index is 1.17. The van der Waals surface area contributed by atoms with E-state index in [9.17, 15) is 9.59 Å². The second-order valence-corrected chi connectivity index (χ2v) is 14.6. The van der Waals surface area contributed by atoms with Crippen LogP contribution in [0.5, 0.6) is 0 Å². The highest BCUT2D eigenvalue weighted by Crippen LogP contribution is 2.39. The molecule has 2 fully saturated rings. The van der Waals surface area contributed by atoms with Crippen LogP contribution in [0, 0.1) is 11.8 Å². The number of esters is 2. The summed E-state index contributed by atoms with van der Waals surface area (Å²) in [7, 11) is 0. The van der Waals surface area contributed by atoms with Crippen molar-refractivity contribution < 1.29 is 19.1 Å². The number of benzene rings is 2. The lowest BCUT2D eigenvalue weighted by molar-refractivity contribution is -0.0239. The van der Waals surface area contributed by atoms with Crippen LogP contribution in [0.25, 0.3) is 0 Å². The topological polar surface area (TPSA) is 52.6 Å². The summed E-state index contributed by atoms with van der Waals surface area (Å²) in [6, 6.07) is 15.9. The molecule has 4 heteroatoms. The highest BCUT2D eigenvalue weighted by atomic mass is 16.6. The second kappa shape index (κ2) is 19.3. The Morgan fingerprint density at radius 3 is 1.22 bits per heavy atom. The van der Waals surface area contributed by atoms with E-state index in [1.807, 2.05) is 24.3 Å². The van der Waals surface area contributed by atoms with Gasteiger partial charge in [-0.25, -0.2) is 9.59 Å². The smallest absolute Gasteiger partial charge is 0.338 e. The van der Waals surface area contributed by atoms with E-state index >= 15 is 0 Å². The molecule has 2 atom stereocenters. The van der Waals surface area contributed by atoms with Crippen molar-refractivity contribution in [2.45, 2.75) is 167 Å². The van der Waals surface area contributed by atoms with Crippen LogP contribution in [0.1, 0.15) is 187 Å². The van der Waals surface area contributed by atoms with Crippen molar-refractivity contribution in [2.75, 3.05) is 0 Å². The second-order valence-electron chi connectivity index (χ2n) is 14.6. The number of carbonyl (C=O) groups is 2. The number of hydrogen-bond acceptors (Lipinski definition) is 4. The molecule has 46 heavy (non-hydrogen) atoms. The average Bonchev–Trinajstić information content (AvgIpc) is 3.09. The van der Waals surface area contributed by atoms with Crippen LogP contribution in [0.3, 0.4) is 0 Å². The minimum absolute atomic E-state index is 0.377. The lowest BCUT2D eigenvalue weighted by Gasteiger charge is -2.29. The third-order valence-electron chi connectivity index (χ3n) is 11.1. The normalized spacial score (nSPS) is 23.0. The largest absolute Gasteiger partial charge is 0.455 e. The molecule has 2 unspecified atom stereocenters. The number of ether oxygens (including phenoxy) is 2. The molecular weight excluding hydrogens is 568 g/mol. The van der Waals surface area contributed by atoms with Gasteiger partial charge < -0.3 is 9.47 Å². The third-order valence-corrected chi connectivity index (χ3v) is 11.1. The molecule has 0 amide bonds. The molecule has 0 bridgehead atoms. The summed E-state index contributed by atoms with van der Waals surface area (Å²) in [6.07, 6.45) is 22.7. The minimum atomic E-state index is -0.555. The van der Waals surface area contributed by atoms with Gasteiger partial charge in [0, 0.05) is 0 Å². The monoisotopic (exact) mass is 630 g/mol. The molecular formula is C42H62O4. The highest BCUT2D eigenvalue weighted by Gasteiger charge is 2.26. The van der Waals surface area contributed by atoms with Gasteiger partial charge in [0.15, 0.2) is 0 Å². The number of unbranched alkanes of at least 4 members (excludes halogenated alkanes) is 6. The fraction of sp³-hybridized carbons (Fsp3) is 0.667. The number of rotatable bonds is 17. The Kier molecular flexibility index (Phi) is 15.2. The van der Waals surface area contributed by atoms with Gasteiger partial charge in [-0.2, -0.15) is 0 Å². The predicted octanol–water partition coefficient (Wildman–Crippen LogP) is 12.0. The van der Waals surface area contributed by atoms with Gasteiger partial charge in [-0.05, 0) is 124 Å². The van der Waals surface area contributed by atoms with E-state index in [0.717, 1.165) is 11.8 Å². The van der Waals surface area contributed by atoms with Crippen molar-refractivity contribution in [3.63, 3.8) is 0 Å². The first-order chi connectivity index (χ1) is 22.4. The molecule has 0 aliphatic heterocycles. The Hall–Kier alpha value is -2.62. The van der Waals surface area contributed by atoms with Crippen LogP contribution in [0.2, 0.25) is 0 Å². The van der Waals surface area contributed by atoms with Crippen molar-refractivity contribution >= 4 is 11.9 Å². The van der Waals surface area contributed by atoms with Gasteiger partial charge in [0.2, 0.25) is 0 Å². The third kappa shape index (κ3) is 11.3. The Bertz CT molecular complexity index is 1060. The van der Waals surface area contributed by atoms with Crippen molar-refractivity contribution in [3.05, 3.63) is 70.8 Å². The lowest BCUT2D eigenvalue weighted by atomic mass is 9.77. The maximum Gasteiger partial charge on any atom is 0.338 e. The van der Waals surface area contributed by atoms with E-state index in [1.165, 1.54) is 127 Å². The fourth-order valence-corrected chi connectivity index (χ4v) is 7.74. The molecule has 2 saturated carbocycles. The first-order valence-electron chi connectivity index (χ1n) is 19.0. The SMILES string of the molecule is CCCCCCC1CCC(c2ccc(C(=O)OC(C)C(C)OC(=O)c3ccc(C4CCC(CCCCCC)CC4)cc3)cc2)CC1. The summed E-state index contributed by atoms with van der Waals surface area (Å²) in [6.45, 7) is 8.12. The quantitative estimate of drug-likeness (QED) is 0.129. The van der Waals surface area contributed by atoms with E-state index in [2.05, 4.69) is 38.1 Å². The molecule has 0 N–H and O–H groups in total. The van der Waals surface area contributed by atoms with Gasteiger partial charge >= 0.3 is 11.9 Å². The highest BCUT2D eigenvalue weighted by molar-refractivity contribution is 5.90. The van der Waals surface area contributed by atoms with Crippen molar-refractivity contribution in [3.8, 4) is 0 Å². The standard InChI is InChI=1S/C42H62O4/c1-5-7-9-11-13-33-15-19-35(20-16-33)37-23-27-39(28-24-37)41(43)45-31(3)32(4)46-42(44)40-29-25-38(26-30-40)36-21-17-34(18-22-36)14-12-10-8-6-2/h23-36H,5-22H2,1-4H3. The van der Waals surface area contributed by atoms with Crippen LogP contribution in [-0.2, 0) is 9.47 Å². The molecule has 0 spiro atoms. The van der Waals surface area contributed by atoms with Crippen LogP contribution < -0.4 is 0 Å². The maximum absolute atomic E-state index is 12.9. The lowest BCUT2D eigenvalue weighted by Crippen LogP contribution is -2.30. The van der Waals surface area contributed by atoms with Gasteiger partial charge in [0.1, 0.15) is 12.2 Å². The predicted molar refractivity (Wildman–Crippen MR) is 190 cm³/mol. The van der Waals surface area contributed by atoms with Crippen molar-refractivity contribution in [2.24, 2.45) is 11.8 Å². The molecule has 2 aromatic carbocycles. The summed E-state index contributed by atoms with van der Waals surface area (Å²) >= 11 is 0. The zero-order valence-electron chi connectivity index (χ0n) is 29.4. The van der Waals surface area contributed by atoms with Crippen LogP contribution in [0.4, 0.5) is 0 Å². The zero-order valence-corrected chi connectivity index (χ0v) is 29.4. The van der Waals surface area contributed by atoms with Crippen LogP contribution >= 0.6 is 0 Å². The van der Waals surface area contributed by atoms with Crippen LogP contribution in [0.15, 0.2) is 48.5 Å². The number of hydrogen-bond donors (Lipinski definition) is 0. The molecule has 0 aromatic heterocycles. The average molecular weight is 631 g/mol. The summed E-state index contributed by atoms with van der Waals surface area (Å²) < 4.78 is 11.4. The molecule has 254 valence electrons. The summed E-state index contributed by atoms with van der Waals surface area (Å²) in [5.41, 5.74) is 3.74. The first kappa shape index (κ1) is 36.2. The summed E-state index contributed by atoms with van der Waals surface area (Å²) in [4.78, 5) is 25.8. The van der Waals surface area contributed by atoms with Crippen molar-refractivity contribution in [1.82, 2.24) is 0 Å². The Morgan fingerprint density at radius 1 is 0.543 bits per heavy atom. The molecule has 0 radical (unpaired) electrons.